The highest BCUT2D eigenvalue weighted by molar-refractivity contribution is 7.91. The zero-order valence-electron chi connectivity index (χ0n) is 14.3. The molecule has 2 rings (SSSR count). The smallest absolute Gasteiger partial charge is 0.341 e. The van der Waals surface area contributed by atoms with E-state index in [-0.39, 0.29) is 11.6 Å². The van der Waals surface area contributed by atoms with Gasteiger partial charge in [0.25, 0.3) is 5.91 Å². The Hall–Kier alpha value is -2.03. The molecule has 2 atom stereocenters. The first-order valence-corrected chi connectivity index (χ1v) is 9.85. The minimum Gasteiger partial charge on any atom is -0.452 e. The Morgan fingerprint density at radius 1 is 1.19 bits per heavy atom. The van der Waals surface area contributed by atoms with Crippen molar-refractivity contribution in [3.8, 4) is 0 Å². The molecule has 0 aliphatic heterocycles. The molecule has 1 N–H and O–H groups in total. The lowest BCUT2D eigenvalue weighted by molar-refractivity contribution is -0.125. The molecule has 9 heteroatoms. The van der Waals surface area contributed by atoms with Crippen molar-refractivity contribution in [2.75, 3.05) is 6.61 Å². The first kappa shape index (κ1) is 20.3. The Labute approximate surface area is 150 Å². The van der Waals surface area contributed by atoms with Crippen LogP contribution in [0.15, 0.2) is 29.2 Å². The van der Waals surface area contributed by atoms with Crippen LogP contribution in [0.5, 0.6) is 0 Å². The van der Waals surface area contributed by atoms with E-state index in [0.717, 1.165) is 49.9 Å². The minimum absolute atomic E-state index is 0.0305. The number of sulfone groups is 1. The van der Waals surface area contributed by atoms with Gasteiger partial charge in [0.1, 0.15) is 0 Å². The van der Waals surface area contributed by atoms with Gasteiger partial charge in [0, 0.05) is 6.04 Å². The molecule has 1 saturated carbocycles. The molecule has 0 aromatic heterocycles. The summed E-state index contributed by atoms with van der Waals surface area (Å²) in [5.74, 6) is -4.41. The van der Waals surface area contributed by atoms with E-state index in [4.69, 9.17) is 4.74 Å². The van der Waals surface area contributed by atoms with E-state index >= 15 is 0 Å². The van der Waals surface area contributed by atoms with Gasteiger partial charge >= 0.3 is 11.7 Å². The number of benzene rings is 1. The van der Waals surface area contributed by atoms with Crippen molar-refractivity contribution < 1.29 is 31.5 Å². The summed E-state index contributed by atoms with van der Waals surface area (Å²) >= 11 is 0. The lowest BCUT2D eigenvalue weighted by atomic mass is 9.86. The molecule has 26 heavy (non-hydrogen) atoms. The molecule has 6 nitrogen and oxygen atoms in total. The molecule has 2 unspecified atom stereocenters. The molecule has 0 saturated heterocycles. The summed E-state index contributed by atoms with van der Waals surface area (Å²) in [6.07, 6.45) is 4.11. The quantitative estimate of drug-likeness (QED) is 0.755. The summed E-state index contributed by atoms with van der Waals surface area (Å²) in [5, 5.41) is 2.84. The lowest BCUT2D eigenvalue weighted by Crippen LogP contribution is -2.42. The SMILES string of the molecule is CC1CCCCC1NC(=O)COC(=O)c1ccc(S(=O)(=O)C(F)F)cc1. The van der Waals surface area contributed by atoms with Gasteiger partial charge in [0.05, 0.1) is 10.5 Å². The summed E-state index contributed by atoms with van der Waals surface area (Å²) < 4.78 is 52.5. The number of esters is 1. The predicted octanol–water partition coefficient (Wildman–Crippen LogP) is 2.53. The summed E-state index contributed by atoms with van der Waals surface area (Å²) in [6, 6.07) is 4.01. The van der Waals surface area contributed by atoms with E-state index in [0.29, 0.717) is 5.92 Å². The Morgan fingerprint density at radius 2 is 1.81 bits per heavy atom. The van der Waals surface area contributed by atoms with Crippen LogP contribution < -0.4 is 5.32 Å². The van der Waals surface area contributed by atoms with Crippen molar-refractivity contribution in [3.63, 3.8) is 0 Å². The number of hydrogen-bond donors (Lipinski definition) is 1. The van der Waals surface area contributed by atoms with Gasteiger partial charge in [-0.25, -0.2) is 13.2 Å². The third-order valence-corrected chi connectivity index (χ3v) is 5.84. The second kappa shape index (κ2) is 8.57. The van der Waals surface area contributed by atoms with Gasteiger partial charge in [-0.05, 0) is 43.0 Å². The van der Waals surface area contributed by atoms with Crippen LogP contribution in [0.1, 0.15) is 43.0 Å². The van der Waals surface area contributed by atoms with Crippen LogP contribution in [0.25, 0.3) is 0 Å². The highest BCUT2D eigenvalue weighted by Gasteiger charge is 2.27. The molecule has 0 heterocycles. The van der Waals surface area contributed by atoms with Crippen molar-refractivity contribution in [3.05, 3.63) is 29.8 Å². The largest absolute Gasteiger partial charge is 0.452 e. The van der Waals surface area contributed by atoms with E-state index in [1.165, 1.54) is 0 Å². The Bertz CT molecular complexity index is 749. The highest BCUT2D eigenvalue weighted by atomic mass is 32.2. The number of carbonyl (C=O) groups is 2. The number of nitrogens with one attached hydrogen (secondary N) is 1. The molecule has 0 spiro atoms. The van der Waals surface area contributed by atoms with Crippen molar-refractivity contribution in [1.29, 1.82) is 0 Å². The third-order valence-electron chi connectivity index (χ3n) is 4.45. The van der Waals surface area contributed by atoms with Crippen LogP contribution in [0.2, 0.25) is 0 Å². The van der Waals surface area contributed by atoms with Crippen LogP contribution in [0, 0.1) is 5.92 Å². The molecule has 0 bridgehead atoms. The van der Waals surface area contributed by atoms with Crippen LogP contribution in [-0.2, 0) is 19.4 Å². The predicted molar refractivity (Wildman–Crippen MR) is 89.5 cm³/mol. The monoisotopic (exact) mass is 389 g/mol. The van der Waals surface area contributed by atoms with E-state index in [9.17, 15) is 26.8 Å². The van der Waals surface area contributed by atoms with Gasteiger partial charge in [-0.15, -0.1) is 0 Å². The van der Waals surface area contributed by atoms with Gasteiger partial charge in [0.2, 0.25) is 9.84 Å². The summed E-state index contributed by atoms with van der Waals surface area (Å²) in [7, 11) is -4.72. The molecule has 1 fully saturated rings. The number of amides is 1. The van der Waals surface area contributed by atoms with Crippen molar-refractivity contribution >= 4 is 21.7 Å². The fourth-order valence-electron chi connectivity index (χ4n) is 2.88. The standard InChI is InChI=1S/C17H21F2NO5S/c1-11-4-2-3-5-14(11)20-15(21)10-25-16(22)12-6-8-13(9-7-12)26(23,24)17(18)19/h6-9,11,14,17H,2-5,10H2,1H3,(H,20,21). The van der Waals surface area contributed by atoms with Gasteiger partial charge in [0.15, 0.2) is 6.61 Å². The first-order valence-electron chi connectivity index (χ1n) is 8.30. The Morgan fingerprint density at radius 3 is 2.38 bits per heavy atom. The third kappa shape index (κ3) is 5.00. The fraction of sp³-hybridized carbons (Fsp3) is 0.529. The highest BCUT2D eigenvalue weighted by Crippen LogP contribution is 2.23. The maximum atomic E-state index is 12.5. The molecular weight excluding hydrogens is 368 g/mol. The normalized spacial score (nSPS) is 20.6. The number of ether oxygens (including phenoxy) is 1. The minimum atomic E-state index is -4.72. The Balaban J connectivity index is 1.88. The maximum Gasteiger partial charge on any atom is 0.341 e. The van der Waals surface area contributed by atoms with Crippen LogP contribution in [-0.4, -0.2) is 38.7 Å². The fourth-order valence-corrected chi connectivity index (χ4v) is 3.60. The first-order chi connectivity index (χ1) is 12.2. The van der Waals surface area contributed by atoms with E-state index < -0.39 is 39.0 Å². The van der Waals surface area contributed by atoms with Gasteiger partial charge < -0.3 is 10.1 Å². The second-order valence-electron chi connectivity index (χ2n) is 6.34. The van der Waals surface area contributed by atoms with Crippen molar-refractivity contribution in [2.24, 2.45) is 5.92 Å². The van der Waals surface area contributed by atoms with Crippen LogP contribution >= 0.6 is 0 Å². The summed E-state index contributed by atoms with van der Waals surface area (Å²) in [5.41, 5.74) is -0.0305. The summed E-state index contributed by atoms with van der Waals surface area (Å²) in [6.45, 7) is 1.60. The van der Waals surface area contributed by atoms with E-state index in [2.05, 4.69) is 12.2 Å². The maximum absolute atomic E-state index is 12.5. The lowest BCUT2D eigenvalue weighted by Gasteiger charge is -2.29. The zero-order chi connectivity index (χ0) is 19.3. The molecule has 144 valence electrons. The average Bonchev–Trinajstić information content (AvgIpc) is 2.61. The number of carbonyl (C=O) groups excluding carboxylic acids is 2. The number of rotatable bonds is 6. The number of halogens is 2. The topological polar surface area (TPSA) is 89.5 Å². The van der Waals surface area contributed by atoms with Gasteiger partial charge in [-0.3, -0.25) is 4.79 Å². The molecule has 1 aliphatic carbocycles. The van der Waals surface area contributed by atoms with Gasteiger partial charge in [-0.2, -0.15) is 8.78 Å². The van der Waals surface area contributed by atoms with E-state index in [1.54, 1.807) is 0 Å². The van der Waals surface area contributed by atoms with E-state index in [1.807, 2.05) is 0 Å². The van der Waals surface area contributed by atoms with Crippen molar-refractivity contribution in [1.82, 2.24) is 5.32 Å². The molecule has 1 aromatic carbocycles. The average molecular weight is 389 g/mol. The van der Waals surface area contributed by atoms with Crippen LogP contribution in [0.3, 0.4) is 0 Å². The van der Waals surface area contributed by atoms with Gasteiger partial charge in [-0.1, -0.05) is 19.8 Å². The number of alkyl halides is 2. The number of hydrogen-bond acceptors (Lipinski definition) is 5. The Kier molecular flexibility index (Phi) is 6.69. The van der Waals surface area contributed by atoms with Crippen LogP contribution in [0.4, 0.5) is 8.78 Å². The molecule has 1 aliphatic rings. The molecular formula is C17H21F2NO5S. The second-order valence-corrected chi connectivity index (χ2v) is 8.26. The molecule has 1 aromatic rings. The molecule has 1 amide bonds. The zero-order valence-corrected chi connectivity index (χ0v) is 15.1. The summed E-state index contributed by atoms with van der Waals surface area (Å²) in [4.78, 5) is 23.2. The molecule has 0 radical (unpaired) electrons. The van der Waals surface area contributed by atoms with Crippen molar-refractivity contribution in [2.45, 2.75) is 49.3 Å².